The van der Waals surface area contributed by atoms with Crippen molar-refractivity contribution in [3.05, 3.63) is 36.7 Å². The van der Waals surface area contributed by atoms with Gasteiger partial charge in [-0.1, -0.05) is 6.08 Å². The van der Waals surface area contributed by atoms with Gasteiger partial charge in [-0.2, -0.15) is 0 Å². The van der Waals surface area contributed by atoms with Crippen molar-refractivity contribution in [3.8, 4) is 0 Å². The number of aromatic nitrogens is 1. The van der Waals surface area contributed by atoms with Crippen LogP contribution in [-0.4, -0.2) is 22.1 Å². The number of hydrogen-bond acceptors (Lipinski definition) is 2. The van der Waals surface area contributed by atoms with E-state index in [4.69, 9.17) is 5.11 Å². The lowest BCUT2D eigenvalue weighted by Gasteiger charge is -2.02. The highest BCUT2D eigenvalue weighted by Crippen LogP contribution is 2.00. The highest BCUT2D eigenvalue weighted by molar-refractivity contribution is 5.75. The summed E-state index contributed by atoms with van der Waals surface area (Å²) in [6, 6.07) is 1.78. The highest BCUT2D eigenvalue weighted by atomic mass is 16.3. The first-order valence-corrected chi connectivity index (χ1v) is 4.39. The molecule has 4 heteroatoms. The average Bonchev–Trinajstić information content (AvgIpc) is 2.62. The van der Waals surface area contributed by atoms with Crippen molar-refractivity contribution >= 4 is 5.91 Å². The molecule has 0 aromatic carbocycles. The van der Waals surface area contributed by atoms with Crippen LogP contribution in [0.2, 0.25) is 0 Å². The van der Waals surface area contributed by atoms with Crippen LogP contribution in [0.25, 0.3) is 0 Å². The molecule has 0 saturated carbocycles. The van der Waals surface area contributed by atoms with Gasteiger partial charge in [0.2, 0.25) is 5.91 Å². The Hall–Kier alpha value is -1.55. The molecule has 76 valence electrons. The maximum atomic E-state index is 11.2. The predicted molar refractivity (Wildman–Crippen MR) is 53.6 cm³/mol. The number of hydrogen-bond donors (Lipinski definition) is 2. The molecule has 0 spiro atoms. The zero-order chi connectivity index (χ0) is 10.4. The van der Waals surface area contributed by atoms with Crippen molar-refractivity contribution < 1.29 is 9.90 Å². The lowest BCUT2D eigenvalue weighted by atomic mass is 10.4. The Kier molecular flexibility index (Phi) is 3.94. The molecular weight excluding hydrogens is 180 g/mol. The lowest BCUT2D eigenvalue weighted by molar-refractivity contribution is -0.121. The monoisotopic (exact) mass is 194 g/mol. The summed E-state index contributed by atoms with van der Waals surface area (Å²) in [6.07, 6.45) is 5.14. The molecule has 0 aliphatic heterocycles. The van der Waals surface area contributed by atoms with Gasteiger partial charge in [-0.3, -0.25) is 4.79 Å². The summed E-state index contributed by atoms with van der Waals surface area (Å²) >= 11 is 0. The largest absolute Gasteiger partial charge is 0.392 e. The van der Waals surface area contributed by atoms with E-state index in [2.05, 4.69) is 11.9 Å². The maximum absolute atomic E-state index is 11.2. The number of nitrogens with one attached hydrogen (secondary N) is 1. The smallest absolute Gasteiger partial charge is 0.240 e. The van der Waals surface area contributed by atoms with Crippen LogP contribution in [0.4, 0.5) is 0 Å². The summed E-state index contributed by atoms with van der Waals surface area (Å²) in [5, 5.41) is 11.5. The molecule has 14 heavy (non-hydrogen) atoms. The van der Waals surface area contributed by atoms with Crippen molar-refractivity contribution in [2.45, 2.75) is 13.2 Å². The first-order chi connectivity index (χ1) is 6.76. The van der Waals surface area contributed by atoms with Gasteiger partial charge in [0.05, 0.1) is 6.61 Å². The van der Waals surface area contributed by atoms with E-state index >= 15 is 0 Å². The third-order valence-corrected chi connectivity index (χ3v) is 1.76. The van der Waals surface area contributed by atoms with E-state index in [1.54, 1.807) is 29.1 Å². The second-order valence-electron chi connectivity index (χ2n) is 2.94. The van der Waals surface area contributed by atoms with Crippen LogP contribution in [0.3, 0.4) is 0 Å². The molecule has 0 atom stereocenters. The third kappa shape index (κ3) is 3.06. The number of aliphatic hydroxyl groups is 1. The fourth-order valence-electron chi connectivity index (χ4n) is 1.09. The second kappa shape index (κ2) is 5.24. The highest BCUT2D eigenvalue weighted by Gasteiger charge is 2.01. The zero-order valence-electron chi connectivity index (χ0n) is 7.94. The Morgan fingerprint density at radius 1 is 1.71 bits per heavy atom. The van der Waals surface area contributed by atoms with Crippen molar-refractivity contribution in [2.75, 3.05) is 6.54 Å². The van der Waals surface area contributed by atoms with E-state index in [1.165, 1.54) is 0 Å². The first-order valence-electron chi connectivity index (χ1n) is 4.39. The quantitative estimate of drug-likeness (QED) is 0.662. The van der Waals surface area contributed by atoms with Crippen LogP contribution < -0.4 is 5.32 Å². The molecule has 0 bridgehead atoms. The Morgan fingerprint density at radius 3 is 3.07 bits per heavy atom. The lowest BCUT2D eigenvalue weighted by Crippen LogP contribution is -2.27. The Balaban J connectivity index is 2.43. The van der Waals surface area contributed by atoms with Gasteiger partial charge in [-0.05, 0) is 11.6 Å². The van der Waals surface area contributed by atoms with Crippen LogP contribution in [0.5, 0.6) is 0 Å². The van der Waals surface area contributed by atoms with Crippen LogP contribution in [0, 0.1) is 0 Å². The van der Waals surface area contributed by atoms with Gasteiger partial charge < -0.3 is 15.0 Å². The minimum Gasteiger partial charge on any atom is -0.392 e. The fraction of sp³-hybridized carbons (Fsp3) is 0.300. The zero-order valence-corrected chi connectivity index (χ0v) is 7.94. The number of aliphatic hydroxyl groups excluding tert-OH is 1. The Labute approximate surface area is 82.9 Å². The van der Waals surface area contributed by atoms with Gasteiger partial charge in [-0.25, -0.2) is 0 Å². The van der Waals surface area contributed by atoms with Crippen LogP contribution in [0.15, 0.2) is 31.1 Å². The molecule has 1 aromatic rings. The molecule has 0 aliphatic carbocycles. The van der Waals surface area contributed by atoms with Crippen molar-refractivity contribution in [1.29, 1.82) is 0 Å². The van der Waals surface area contributed by atoms with E-state index in [1.807, 2.05) is 0 Å². The summed E-state index contributed by atoms with van der Waals surface area (Å²) in [7, 11) is 0. The van der Waals surface area contributed by atoms with Crippen LogP contribution in [-0.2, 0) is 17.9 Å². The molecule has 0 radical (unpaired) electrons. The van der Waals surface area contributed by atoms with Gasteiger partial charge >= 0.3 is 0 Å². The minimum absolute atomic E-state index is 0.00127. The molecule has 0 unspecified atom stereocenters. The van der Waals surface area contributed by atoms with Crippen molar-refractivity contribution in [3.63, 3.8) is 0 Å². The molecule has 1 amide bonds. The standard InChI is InChI=1S/C10H14N2O2/c1-2-4-11-10(14)7-12-5-3-9(6-12)8-13/h2-3,5-6,13H,1,4,7-8H2,(H,11,14). The molecule has 1 aromatic heterocycles. The van der Waals surface area contributed by atoms with Crippen LogP contribution in [0.1, 0.15) is 5.56 Å². The molecule has 2 N–H and O–H groups in total. The number of carbonyl (C=O) groups excluding carboxylic acids is 1. The third-order valence-electron chi connectivity index (χ3n) is 1.76. The Morgan fingerprint density at radius 2 is 2.50 bits per heavy atom. The average molecular weight is 194 g/mol. The van der Waals surface area contributed by atoms with Gasteiger partial charge in [0.15, 0.2) is 0 Å². The Bertz CT molecular complexity index is 318. The molecule has 1 rings (SSSR count). The maximum Gasteiger partial charge on any atom is 0.240 e. The predicted octanol–water partition coefficient (Wildman–Crippen LogP) is 0.283. The molecular formula is C10H14N2O2. The summed E-state index contributed by atoms with van der Waals surface area (Å²) in [5.41, 5.74) is 0.807. The molecule has 4 nitrogen and oxygen atoms in total. The summed E-state index contributed by atoms with van der Waals surface area (Å²) in [4.78, 5) is 11.2. The van der Waals surface area contributed by atoms with E-state index in [0.717, 1.165) is 5.56 Å². The first kappa shape index (κ1) is 10.5. The van der Waals surface area contributed by atoms with Gasteiger partial charge in [0, 0.05) is 18.9 Å². The van der Waals surface area contributed by atoms with E-state index in [0.29, 0.717) is 6.54 Å². The number of amides is 1. The molecule has 0 aliphatic rings. The van der Waals surface area contributed by atoms with Crippen molar-refractivity contribution in [1.82, 2.24) is 9.88 Å². The number of carbonyl (C=O) groups is 1. The van der Waals surface area contributed by atoms with E-state index < -0.39 is 0 Å². The minimum atomic E-state index is -0.0648. The topological polar surface area (TPSA) is 54.3 Å². The number of nitrogens with zero attached hydrogens (tertiary/aromatic N) is 1. The second-order valence-corrected chi connectivity index (χ2v) is 2.94. The normalized spacial score (nSPS) is 9.79. The van der Waals surface area contributed by atoms with E-state index in [9.17, 15) is 4.79 Å². The molecule has 0 fully saturated rings. The molecule has 1 heterocycles. The van der Waals surface area contributed by atoms with E-state index in [-0.39, 0.29) is 19.1 Å². The molecule has 0 saturated heterocycles. The van der Waals surface area contributed by atoms with Gasteiger partial charge in [0.25, 0.3) is 0 Å². The summed E-state index contributed by atoms with van der Waals surface area (Å²) in [6.45, 7) is 4.25. The van der Waals surface area contributed by atoms with Crippen LogP contribution >= 0.6 is 0 Å². The number of rotatable bonds is 5. The summed E-state index contributed by atoms with van der Waals surface area (Å²) < 4.78 is 1.73. The van der Waals surface area contributed by atoms with Gasteiger partial charge in [-0.15, -0.1) is 6.58 Å². The summed E-state index contributed by atoms with van der Waals surface area (Å²) in [5.74, 6) is -0.0648. The SMILES string of the molecule is C=CCNC(=O)Cn1ccc(CO)c1. The van der Waals surface area contributed by atoms with Gasteiger partial charge in [0.1, 0.15) is 6.54 Å². The fourth-order valence-corrected chi connectivity index (χ4v) is 1.09. The van der Waals surface area contributed by atoms with Crippen molar-refractivity contribution in [2.24, 2.45) is 0 Å².